The maximum Gasteiger partial charge on any atom is 0.317 e. The molecule has 1 unspecified atom stereocenters. The van der Waals surface area contributed by atoms with Gasteiger partial charge >= 0.3 is 6.01 Å². The van der Waals surface area contributed by atoms with Gasteiger partial charge in [0.15, 0.2) is 0 Å². The normalized spacial score (nSPS) is 15.0. The third-order valence-corrected chi connectivity index (χ3v) is 5.52. The van der Waals surface area contributed by atoms with E-state index in [0.29, 0.717) is 22.9 Å². The molecule has 1 aliphatic heterocycles. The van der Waals surface area contributed by atoms with Gasteiger partial charge in [0.25, 0.3) is 5.91 Å². The van der Waals surface area contributed by atoms with E-state index in [4.69, 9.17) is 14.8 Å². The highest BCUT2D eigenvalue weighted by Crippen LogP contribution is 2.27. The zero-order valence-corrected chi connectivity index (χ0v) is 19.3. The Morgan fingerprint density at radius 1 is 1.03 bits per heavy atom. The number of rotatable bonds is 7. The number of para-hydroxylation sites is 1. The summed E-state index contributed by atoms with van der Waals surface area (Å²) in [4.78, 5) is 21.5. The number of benzodiazepines with no additional fused rings is 1. The molecule has 0 bridgehead atoms. The Hall–Kier alpha value is -5.12. The molecule has 10 nitrogen and oxygen atoms in total. The molecule has 0 saturated carbocycles. The summed E-state index contributed by atoms with van der Waals surface area (Å²) in [5.41, 5.74) is 5.53. The van der Waals surface area contributed by atoms with E-state index in [9.17, 15) is 4.79 Å². The van der Waals surface area contributed by atoms with Crippen LogP contribution in [-0.4, -0.2) is 40.7 Å². The number of carbonyl (C=O) groups is 1. The number of aryl methyl sites for hydroxylation is 1. The van der Waals surface area contributed by atoms with Gasteiger partial charge in [0.1, 0.15) is 6.34 Å². The Morgan fingerprint density at radius 3 is 2.64 bits per heavy atom. The first kappa shape index (κ1) is 22.7. The number of benzene rings is 3. The van der Waals surface area contributed by atoms with Crippen LogP contribution in [0.15, 0.2) is 87.2 Å². The van der Waals surface area contributed by atoms with Gasteiger partial charge in [0, 0.05) is 22.4 Å². The summed E-state index contributed by atoms with van der Waals surface area (Å²) in [7, 11) is 0. The fourth-order valence-corrected chi connectivity index (χ4v) is 3.80. The van der Waals surface area contributed by atoms with E-state index >= 15 is 0 Å². The van der Waals surface area contributed by atoms with Crippen LogP contribution < -0.4 is 16.0 Å². The van der Waals surface area contributed by atoms with E-state index in [2.05, 4.69) is 31.1 Å². The highest BCUT2D eigenvalue weighted by atomic mass is 16.4. The van der Waals surface area contributed by atoms with E-state index in [1.807, 2.05) is 79.7 Å². The molecule has 178 valence electrons. The summed E-state index contributed by atoms with van der Waals surface area (Å²) in [6.07, 6.45) is 1.40. The lowest BCUT2D eigenvalue weighted by molar-refractivity contribution is -0.116. The van der Waals surface area contributed by atoms with Gasteiger partial charge in [-0.1, -0.05) is 53.6 Å². The number of aromatic nitrogens is 2. The Morgan fingerprint density at radius 2 is 1.83 bits per heavy atom. The van der Waals surface area contributed by atoms with Gasteiger partial charge in [0.2, 0.25) is 12.1 Å². The minimum absolute atomic E-state index is 0.0743. The van der Waals surface area contributed by atoms with Crippen molar-refractivity contribution in [3.8, 4) is 11.5 Å². The number of fused-ring (bicyclic) bond motifs is 1. The van der Waals surface area contributed by atoms with E-state index in [-0.39, 0.29) is 11.9 Å². The fourth-order valence-electron chi connectivity index (χ4n) is 3.80. The molecule has 10 heteroatoms. The first-order chi connectivity index (χ1) is 17.6. The van der Waals surface area contributed by atoms with E-state index in [1.54, 1.807) is 0 Å². The van der Waals surface area contributed by atoms with Crippen LogP contribution in [-0.2, 0) is 4.79 Å². The quantitative estimate of drug-likeness (QED) is 0.230. The molecule has 1 atom stereocenters. The van der Waals surface area contributed by atoms with Gasteiger partial charge in [-0.2, -0.15) is 0 Å². The summed E-state index contributed by atoms with van der Waals surface area (Å²) < 4.78 is 5.81. The number of nitrogens with one attached hydrogen (secondary N) is 4. The number of hydrogen-bond donors (Lipinski definition) is 4. The summed E-state index contributed by atoms with van der Waals surface area (Å²) in [5, 5.41) is 24.0. The topological polar surface area (TPSA) is 141 Å². The molecular formula is C26H22N8O2. The van der Waals surface area contributed by atoms with Gasteiger partial charge < -0.3 is 20.4 Å². The number of anilines is 3. The minimum Gasteiger partial charge on any atom is -0.403 e. The van der Waals surface area contributed by atoms with Gasteiger partial charge in [-0.25, -0.2) is 9.98 Å². The maximum atomic E-state index is 13.0. The Labute approximate surface area is 206 Å². The summed E-state index contributed by atoms with van der Waals surface area (Å²) in [6, 6.07) is 22.9. The van der Waals surface area contributed by atoms with Crippen LogP contribution in [0, 0.1) is 12.3 Å². The second-order valence-electron chi connectivity index (χ2n) is 7.92. The minimum atomic E-state index is -0.984. The number of aliphatic imine (C=N–C) groups is 2. The van der Waals surface area contributed by atoms with Crippen LogP contribution in [0.25, 0.3) is 11.5 Å². The van der Waals surface area contributed by atoms with Crippen LogP contribution in [0.2, 0.25) is 0 Å². The Bertz CT molecular complexity index is 1480. The Balaban J connectivity index is 1.42. The standard InChI is InChI=1S/C26H22N8O2/c1-16-13-18(11-12-20(16)29-15-28-14-27)25-33-34-26(36-25)32-23-24(35)30-21-10-6-5-9-19(21)22(31-23)17-7-3-2-4-8-17/h2-15,23H,1H3,(H,30,35)(H,32,34)(H2,27,28,29). The van der Waals surface area contributed by atoms with Gasteiger partial charge in [-0.15, -0.1) is 5.10 Å². The van der Waals surface area contributed by atoms with Gasteiger partial charge in [-0.3, -0.25) is 10.2 Å². The van der Waals surface area contributed by atoms with E-state index in [0.717, 1.165) is 28.7 Å². The molecule has 4 N–H and O–H groups in total. The van der Waals surface area contributed by atoms with Crippen molar-refractivity contribution in [1.82, 2.24) is 10.2 Å². The first-order valence-corrected chi connectivity index (χ1v) is 11.1. The van der Waals surface area contributed by atoms with Crippen LogP contribution >= 0.6 is 0 Å². The zero-order valence-electron chi connectivity index (χ0n) is 19.3. The van der Waals surface area contributed by atoms with Crippen LogP contribution in [0.1, 0.15) is 16.7 Å². The predicted molar refractivity (Wildman–Crippen MR) is 140 cm³/mol. The molecule has 36 heavy (non-hydrogen) atoms. The monoisotopic (exact) mass is 478 g/mol. The molecule has 0 fully saturated rings. The molecule has 3 aromatic carbocycles. The average molecular weight is 479 g/mol. The number of hydrogen-bond acceptors (Lipinski definition) is 7. The van der Waals surface area contributed by atoms with E-state index in [1.165, 1.54) is 6.34 Å². The largest absolute Gasteiger partial charge is 0.403 e. The van der Waals surface area contributed by atoms with Crippen molar-refractivity contribution in [3.05, 3.63) is 89.5 Å². The molecule has 2 heterocycles. The fraction of sp³-hybridized carbons (Fsp3) is 0.0769. The maximum absolute atomic E-state index is 13.0. The highest BCUT2D eigenvalue weighted by molar-refractivity contribution is 6.19. The lowest BCUT2D eigenvalue weighted by Gasteiger charge is -2.11. The van der Waals surface area contributed by atoms with Crippen LogP contribution in [0.3, 0.4) is 0 Å². The summed E-state index contributed by atoms with van der Waals surface area (Å²) in [5.74, 6) is -0.0455. The second kappa shape index (κ2) is 10.0. The summed E-state index contributed by atoms with van der Waals surface area (Å²) in [6.45, 7) is 1.92. The van der Waals surface area contributed by atoms with Crippen molar-refractivity contribution >= 4 is 41.7 Å². The third-order valence-electron chi connectivity index (χ3n) is 5.52. The second-order valence-corrected chi connectivity index (χ2v) is 7.92. The van der Waals surface area contributed by atoms with E-state index < -0.39 is 6.17 Å². The SMILES string of the molecule is Cc1cc(-c2nnc(NC3N=C(c4ccccc4)c4ccccc4NC3=O)o2)ccc1N/C=N\C=N. The number of amides is 1. The lowest BCUT2D eigenvalue weighted by Crippen LogP contribution is -2.32. The molecule has 5 rings (SSSR count). The molecule has 0 saturated heterocycles. The average Bonchev–Trinajstić information content (AvgIpc) is 3.31. The van der Waals surface area contributed by atoms with Crippen LogP contribution in [0.4, 0.5) is 17.4 Å². The van der Waals surface area contributed by atoms with Gasteiger partial charge in [0.05, 0.1) is 17.7 Å². The van der Waals surface area contributed by atoms with Gasteiger partial charge in [-0.05, 0) is 36.8 Å². The molecular weight excluding hydrogens is 456 g/mol. The molecule has 1 amide bonds. The summed E-state index contributed by atoms with van der Waals surface area (Å²) >= 11 is 0. The molecule has 0 spiro atoms. The molecule has 0 radical (unpaired) electrons. The lowest BCUT2D eigenvalue weighted by atomic mass is 10.0. The van der Waals surface area contributed by atoms with Crippen molar-refractivity contribution < 1.29 is 9.21 Å². The molecule has 1 aromatic heterocycles. The smallest absolute Gasteiger partial charge is 0.317 e. The third kappa shape index (κ3) is 4.73. The van der Waals surface area contributed by atoms with Crippen molar-refractivity contribution in [2.75, 3.05) is 16.0 Å². The zero-order chi connectivity index (χ0) is 24.9. The molecule has 1 aliphatic rings. The van der Waals surface area contributed by atoms with Crippen molar-refractivity contribution in [2.45, 2.75) is 13.1 Å². The van der Waals surface area contributed by atoms with Crippen molar-refractivity contribution in [1.29, 1.82) is 5.41 Å². The first-order valence-electron chi connectivity index (χ1n) is 11.1. The molecule has 4 aromatic rings. The number of nitrogens with zero attached hydrogens (tertiary/aromatic N) is 4. The molecule has 0 aliphatic carbocycles. The number of carbonyl (C=O) groups excluding carboxylic acids is 1. The Kier molecular flexibility index (Phi) is 6.31. The van der Waals surface area contributed by atoms with Crippen molar-refractivity contribution in [2.24, 2.45) is 9.98 Å². The highest BCUT2D eigenvalue weighted by Gasteiger charge is 2.27. The predicted octanol–water partition coefficient (Wildman–Crippen LogP) is 4.32. The van der Waals surface area contributed by atoms with Crippen LogP contribution in [0.5, 0.6) is 0 Å². The van der Waals surface area contributed by atoms with Crippen molar-refractivity contribution in [3.63, 3.8) is 0 Å².